The zero-order chi connectivity index (χ0) is 20.8. The van der Waals surface area contributed by atoms with E-state index in [9.17, 15) is 13.2 Å². The van der Waals surface area contributed by atoms with Crippen molar-refractivity contribution in [3.8, 4) is 11.3 Å². The molecule has 1 N–H and O–H groups in total. The summed E-state index contributed by atoms with van der Waals surface area (Å²) in [4.78, 5) is 16.3. The normalized spacial score (nSPS) is 18.1. The van der Waals surface area contributed by atoms with E-state index in [4.69, 9.17) is 21.4 Å². The van der Waals surface area contributed by atoms with Crippen molar-refractivity contribution in [3.63, 3.8) is 0 Å². The maximum Gasteiger partial charge on any atom is 0.283 e. The minimum absolute atomic E-state index is 0.0420. The summed E-state index contributed by atoms with van der Waals surface area (Å²) in [6.45, 7) is 1.49. The number of sulfone groups is 1. The summed E-state index contributed by atoms with van der Waals surface area (Å²) in [5.41, 5.74) is 0.632. The Morgan fingerprint density at radius 3 is 2.76 bits per heavy atom. The number of hydrogen-bond acceptors (Lipinski definition) is 7. The smallest absolute Gasteiger partial charge is 0.283 e. The Morgan fingerprint density at radius 2 is 2.03 bits per heavy atom. The summed E-state index contributed by atoms with van der Waals surface area (Å²) in [5.74, 6) is -0.253. The second-order valence-corrected chi connectivity index (χ2v) is 9.79. The van der Waals surface area contributed by atoms with Crippen LogP contribution < -0.4 is 0 Å². The van der Waals surface area contributed by atoms with Gasteiger partial charge in [0, 0.05) is 5.56 Å². The average molecular weight is 449 g/mol. The van der Waals surface area contributed by atoms with Gasteiger partial charge in [0.15, 0.2) is 5.84 Å². The van der Waals surface area contributed by atoms with E-state index in [1.165, 1.54) is 13.0 Å². The summed E-state index contributed by atoms with van der Waals surface area (Å²) in [5, 5.41) is 13.8. The highest BCUT2D eigenvalue weighted by atomic mass is 35.5. The standard InChI is InChI=1S/C18H13ClN4O4S2/c1-2-29(25,26)18-22-23-15(20)12(16(24)21-17(23)28-18)9-10-7-8-14(27-10)11-5-3-4-6-13(11)19/h3-9,20H,2H2,1H3/b12-9-,20-15?. The number of thioether (sulfide) groups is 1. The van der Waals surface area contributed by atoms with Crippen molar-refractivity contribution in [2.75, 3.05) is 5.75 Å². The monoisotopic (exact) mass is 448 g/mol. The molecule has 2 aliphatic heterocycles. The zero-order valence-corrected chi connectivity index (χ0v) is 17.3. The van der Waals surface area contributed by atoms with Crippen molar-refractivity contribution in [2.45, 2.75) is 6.92 Å². The number of benzene rings is 1. The van der Waals surface area contributed by atoms with Crippen LogP contribution in [-0.2, 0) is 14.6 Å². The largest absolute Gasteiger partial charge is 0.457 e. The molecule has 0 fully saturated rings. The van der Waals surface area contributed by atoms with Crippen molar-refractivity contribution in [1.82, 2.24) is 5.01 Å². The molecule has 0 atom stereocenters. The van der Waals surface area contributed by atoms with Gasteiger partial charge in [-0.2, -0.15) is 10.0 Å². The summed E-state index contributed by atoms with van der Waals surface area (Å²) < 4.78 is 29.6. The van der Waals surface area contributed by atoms with Crippen LogP contribution in [-0.4, -0.2) is 40.5 Å². The van der Waals surface area contributed by atoms with E-state index in [2.05, 4.69) is 10.1 Å². The van der Waals surface area contributed by atoms with E-state index < -0.39 is 15.7 Å². The Hall–Kier alpha value is -2.69. The SMILES string of the molecule is CCS(=O)(=O)C1=NN2C(=N)/C(=C/c3ccc(-c4ccccc4Cl)o3)C(=O)N=C2S1. The molecule has 0 saturated carbocycles. The average Bonchev–Trinajstić information content (AvgIpc) is 3.33. The topological polar surface area (TPSA) is 116 Å². The Kier molecular flexibility index (Phi) is 4.93. The van der Waals surface area contributed by atoms with Gasteiger partial charge < -0.3 is 4.42 Å². The third-order valence-electron chi connectivity index (χ3n) is 4.13. The fourth-order valence-electron chi connectivity index (χ4n) is 2.60. The number of halogens is 1. The molecule has 1 aromatic heterocycles. The van der Waals surface area contributed by atoms with Gasteiger partial charge in [0.1, 0.15) is 11.5 Å². The van der Waals surface area contributed by atoms with Crippen LogP contribution >= 0.6 is 23.4 Å². The number of furan rings is 1. The number of nitrogens with one attached hydrogen (secondary N) is 1. The van der Waals surface area contributed by atoms with Gasteiger partial charge in [-0.25, -0.2) is 8.42 Å². The predicted octanol–water partition coefficient (Wildman–Crippen LogP) is 3.61. The molecule has 1 aromatic carbocycles. The molecule has 0 radical (unpaired) electrons. The molecule has 0 spiro atoms. The van der Waals surface area contributed by atoms with E-state index in [1.54, 1.807) is 30.3 Å². The van der Waals surface area contributed by atoms with Crippen LogP contribution in [0.1, 0.15) is 12.7 Å². The molecule has 3 heterocycles. The number of hydrogen-bond donors (Lipinski definition) is 1. The number of aliphatic imine (C=N–C) groups is 1. The van der Waals surface area contributed by atoms with E-state index in [-0.39, 0.29) is 26.7 Å². The molecular weight excluding hydrogens is 436 g/mol. The minimum Gasteiger partial charge on any atom is -0.457 e. The predicted molar refractivity (Wildman–Crippen MR) is 114 cm³/mol. The van der Waals surface area contributed by atoms with Crippen LogP contribution in [0.15, 0.2) is 56.5 Å². The van der Waals surface area contributed by atoms with Crippen LogP contribution in [0, 0.1) is 5.41 Å². The third-order valence-corrected chi connectivity index (χ3v) is 7.55. The van der Waals surface area contributed by atoms with Crippen molar-refractivity contribution in [3.05, 3.63) is 52.8 Å². The Labute approximate surface area is 175 Å². The first-order valence-electron chi connectivity index (χ1n) is 8.38. The van der Waals surface area contributed by atoms with Crippen LogP contribution in [0.4, 0.5) is 0 Å². The summed E-state index contributed by atoms with van der Waals surface area (Å²) in [6.07, 6.45) is 1.37. The molecule has 0 saturated heterocycles. The number of fused-ring (bicyclic) bond motifs is 1. The molecular formula is C18H13ClN4O4S2. The Bertz CT molecular complexity index is 1240. The molecule has 0 bridgehead atoms. The van der Waals surface area contributed by atoms with Crippen LogP contribution in [0.3, 0.4) is 0 Å². The van der Waals surface area contributed by atoms with Crippen molar-refractivity contribution in [2.24, 2.45) is 10.1 Å². The van der Waals surface area contributed by atoms with E-state index in [0.29, 0.717) is 22.1 Å². The van der Waals surface area contributed by atoms with Gasteiger partial charge in [0.05, 0.1) is 16.3 Å². The van der Waals surface area contributed by atoms with Crippen molar-refractivity contribution in [1.29, 1.82) is 5.41 Å². The van der Waals surface area contributed by atoms with Gasteiger partial charge in [0.25, 0.3) is 5.91 Å². The van der Waals surface area contributed by atoms with E-state index in [0.717, 1.165) is 16.8 Å². The van der Waals surface area contributed by atoms with Gasteiger partial charge in [-0.15, -0.1) is 5.10 Å². The zero-order valence-electron chi connectivity index (χ0n) is 14.9. The van der Waals surface area contributed by atoms with Gasteiger partial charge in [-0.3, -0.25) is 10.2 Å². The first-order chi connectivity index (χ1) is 13.8. The number of carbonyl (C=O) groups excluding carboxylic acids is 1. The lowest BCUT2D eigenvalue weighted by molar-refractivity contribution is -0.114. The molecule has 8 nitrogen and oxygen atoms in total. The maximum absolute atomic E-state index is 12.4. The fourth-order valence-corrected chi connectivity index (χ4v) is 4.99. The lowest BCUT2D eigenvalue weighted by atomic mass is 10.1. The van der Waals surface area contributed by atoms with E-state index >= 15 is 0 Å². The molecule has 11 heteroatoms. The second kappa shape index (κ2) is 7.29. The summed E-state index contributed by atoms with van der Waals surface area (Å²) in [6, 6.07) is 10.5. The number of rotatable bonds is 3. The molecule has 0 unspecified atom stereocenters. The lowest BCUT2D eigenvalue weighted by Crippen LogP contribution is -2.35. The molecule has 148 valence electrons. The number of amides is 1. The highest BCUT2D eigenvalue weighted by Gasteiger charge is 2.39. The number of amidine groups is 2. The number of nitrogens with zero attached hydrogens (tertiary/aromatic N) is 3. The van der Waals surface area contributed by atoms with E-state index in [1.807, 2.05) is 6.07 Å². The highest BCUT2D eigenvalue weighted by Crippen LogP contribution is 2.32. The van der Waals surface area contributed by atoms with Gasteiger partial charge in [0.2, 0.25) is 19.4 Å². The number of carbonyl (C=O) groups is 1. The quantitative estimate of drug-likeness (QED) is 0.717. The molecule has 1 amide bonds. The highest BCUT2D eigenvalue weighted by molar-refractivity contribution is 8.42. The summed E-state index contributed by atoms with van der Waals surface area (Å²) in [7, 11) is -3.57. The second-order valence-electron chi connectivity index (χ2n) is 5.97. The maximum atomic E-state index is 12.4. The Morgan fingerprint density at radius 1 is 1.28 bits per heavy atom. The minimum atomic E-state index is -3.57. The van der Waals surface area contributed by atoms with Crippen LogP contribution in [0.5, 0.6) is 0 Å². The van der Waals surface area contributed by atoms with Crippen LogP contribution in [0.25, 0.3) is 17.4 Å². The summed E-state index contributed by atoms with van der Waals surface area (Å²) >= 11 is 6.93. The first-order valence-corrected chi connectivity index (χ1v) is 11.2. The molecule has 4 rings (SSSR count). The molecule has 0 aliphatic carbocycles. The molecule has 2 aromatic rings. The van der Waals surface area contributed by atoms with Gasteiger partial charge in [-0.1, -0.05) is 30.7 Å². The van der Waals surface area contributed by atoms with Gasteiger partial charge in [-0.05, 0) is 42.1 Å². The number of hydrazone groups is 1. The van der Waals surface area contributed by atoms with Crippen LogP contribution in [0.2, 0.25) is 5.02 Å². The third kappa shape index (κ3) is 3.54. The van der Waals surface area contributed by atoms with Crippen molar-refractivity contribution < 1.29 is 17.6 Å². The fraction of sp³-hybridized carbons (Fsp3) is 0.111. The molecule has 2 aliphatic rings. The molecule has 29 heavy (non-hydrogen) atoms. The first kappa shape index (κ1) is 19.6. The van der Waals surface area contributed by atoms with Crippen molar-refractivity contribution >= 4 is 60.6 Å². The Balaban J connectivity index is 1.67. The van der Waals surface area contributed by atoms with Gasteiger partial charge >= 0.3 is 0 Å². The lowest BCUT2D eigenvalue weighted by Gasteiger charge is -2.19.